The second-order valence-electron chi connectivity index (χ2n) is 4.03. The molecule has 1 nitrogen and oxygen atoms in total. The lowest BCUT2D eigenvalue weighted by Gasteiger charge is -2.18. The first-order valence-electron chi connectivity index (χ1n) is 5.80. The third-order valence-corrected chi connectivity index (χ3v) is 3.93. The van der Waals surface area contributed by atoms with E-state index in [9.17, 15) is 0 Å². The summed E-state index contributed by atoms with van der Waals surface area (Å²) in [7, 11) is 0. The molecule has 0 fully saturated rings. The lowest BCUT2D eigenvalue weighted by Crippen LogP contribution is -2.24. The van der Waals surface area contributed by atoms with Gasteiger partial charge >= 0.3 is 0 Å². The average Bonchev–Trinajstić information content (AvgIpc) is 2.49. The van der Waals surface area contributed by atoms with E-state index in [1.807, 2.05) is 0 Å². The normalized spacial score (nSPS) is 20.7. The van der Waals surface area contributed by atoms with Crippen molar-refractivity contribution in [2.24, 2.45) is 0 Å². The molecule has 1 heterocycles. The Morgan fingerprint density at radius 1 is 1.40 bits per heavy atom. The summed E-state index contributed by atoms with van der Waals surface area (Å²) in [6, 6.07) is 9.45. The summed E-state index contributed by atoms with van der Waals surface area (Å²) in [4.78, 5) is 0. The Balaban J connectivity index is 2.17. The van der Waals surface area contributed by atoms with Crippen LogP contribution in [0.4, 0.5) is 0 Å². The summed E-state index contributed by atoms with van der Waals surface area (Å²) in [5.74, 6) is 2.48. The van der Waals surface area contributed by atoms with Crippen molar-refractivity contribution < 1.29 is 0 Å². The molecule has 2 heteroatoms. The van der Waals surface area contributed by atoms with Crippen molar-refractivity contribution in [3.8, 4) is 0 Å². The van der Waals surface area contributed by atoms with Gasteiger partial charge in [0.15, 0.2) is 0 Å². The molecule has 0 radical (unpaired) electrons. The third-order valence-electron chi connectivity index (χ3n) is 2.87. The summed E-state index contributed by atoms with van der Waals surface area (Å²) >= 11 is 2.07. The molecule has 1 aliphatic heterocycles. The third kappa shape index (κ3) is 2.76. The predicted octanol–water partition coefficient (Wildman–Crippen LogP) is 3.02. The van der Waals surface area contributed by atoms with E-state index < -0.39 is 0 Å². The largest absolute Gasteiger partial charge is 0.309 e. The Morgan fingerprint density at radius 2 is 2.27 bits per heavy atom. The number of hydrogen-bond donors (Lipinski definition) is 1. The molecule has 1 aromatic carbocycles. The summed E-state index contributed by atoms with van der Waals surface area (Å²) in [5, 5.41) is 3.65. The van der Waals surface area contributed by atoms with Gasteiger partial charge in [0.25, 0.3) is 0 Å². The molecule has 0 saturated heterocycles. The fourth-order valence-corrected chi connectivity index (χ4v) is 3.13. The van der Waals surface area contributed by atoms with E-state index in [0.717, 1.165) is 6.54 Å². The van der Waals surface area contributed by atoms with Gasteiger partial charge in [-0.05, 0) is 36.3 Å². The molecule has 1 N–H and O–H groups in total. The molecule has 0 saturated carbocycles. The average molecular weight is 221 g/mol. The topological polar surface area (TPSA) is 12.0 Å². The predicted molar refractivity (Wildman–Crippen MR) is 68.5 cm³/mol. The van der Waals surface area contributed by atoms with Crippen molar-refractivity contribution in [1.29, 1.82) is 0 Å². The van der Waals surface area contributed by atoms with Crippen LogP contribution in [0.2, 0.25) is 0 Å². The smallest absolute Gasteiger partial charge is 0.0414 e. The zero-order valence-electron chi connectivity index (χ0n) is 9.33. The lowest BCUT2D eigenvalue weighted by molar-refractivity contribution is 0.576. The quantitative estimate of drug-likeness (QED) is 0.842. The van der Waals surface area contributed by atoms with Gasteiger partial charge in [-0.3, -0.25) is 0 Å². The highest BCUT2D eigenvalue weighted by atomic mass is 32.2. The second-order valence-corrected chi connectivity index (χ2v) is 5.18. The van der Waals surface area contributed by atoms with Crippen LogP contribution in [-0.4, -0.2) is 18.1 Å². The maximum Gasteiger partial charge on any atom is 0.0414 e. The molecule has 82 valence electrons. The van der Waals surface area contributed by atoms with Gasteiger partial charge in [-0.2, -0.15) is 11.8 Å². The van der Waals surface area contributed by atoms with E-state index in [4.69, 9.17) is 0 Å². The minimum Gasteiger partial charge on any atom is -0.309 e. The number of nitrogens with one attached hydrogen (secondary N) is 1. The molecule has 1 aromatic rings. The summed E-state index contributed by atoms with van der Waals surface area (Å²) in [5.41, 5.74) is 3.06. The van der Waals surface area contributed by atoms with Crippen molar-refractivity contribution in [3.05, 3.63) is 35.4 Å². The number of aryl methyl sites for hydroxylation is 1. The fraction of sp³-hybridized carbons (Fsp3) is 0.538. The first-order chi connectivity index (χ1) is 7.42. The molecule has 0 amide bonds. The number of benzene rings is 1. The Bertz CT molecular complexity index is 311. The van der Waals surface area contributed by atoms with Gasteiger partial charge in [0.2, 0.25) is 0 Å². The molecule has 0 aliphatic carbocycles. The van der Waals surface area contributed by atoms with Gasteiger partial charge < -0.3 is 5.32 Å². The summed E-state index contributed by atoms with van der Waals surface area (Å²) in [6.07, 6.45) is 2.44. The number of fused-ring (bicyclic) bond motifs is 1. The van der Waals surface area contributed by atoms with Crippen molar-refractivity contribution in [1.82, 2.24) is 5.32 Å². The molecule has 0 bridgehead atoms. The summed E-state index contributed by atoms with van der Waals surface area (Å²) < 4.78 is 0. The van der Waals surface area contributed by atoms with E-state index in [1.54, 1.807) is 0 Å². The maximum atomic E-state index is 3.65. The van der Waals surface area contributed by atoms with Crippen molar-refractivity contribution >= 4 is 11.8 Å². The first kappa shape index (κ1) is 11.0. The van der Waals surface area contributed by atoms with E-state index in [-0.39, 0.29) is 0 Å². The van der Waals surface area contributed by atoms with Crippen LogP contribution in [0.3, 0.4) is 0 Å². The van der Waals surface area contributed by atoms with Crippen LogP contribution in [0, 0.1) is 0 Å². The van der Waals surface area contributed by atoms with Crippen LogP contribution in [0.5, 0.6) is 0 Å². The second kappa shape index (κ2) is 5.57. The molecular formula is C13H19NS. The summed E-state index contributed by atoms with van der Waals surface area (Å²) in [6.45, 7) is 3.35. The number of rotatable bonds is 3. The Kier molecular flexibility index (Phi) is 4.09. The van der Waals surface area contributed by atoms with Crippen LogP contribution >= 0.6 is 11.8 Å². The van der Waals surface area contributed by atoms with Gasteiger partial charge in [-0.15, -0.1) is 0 Å². The number of thioether (sulfide) groups is 1. The van der Waals surface area contributed by atoms with Gasteiger partial charge in [-0.25, -0.2) is 0 Å². The van der Waals surface area contributed by atoms with Crippen molar-refractivity contribution in [2.45, 2.75) is 25.8 Å². The molecule has 0 aromatic heterocycles. The standard InChI is InChI=1S/C13H19NS/c1-2-8-14-13-10-15-9-7-11-5-3-4-6-12(11)13/h3-6,13-14H,2,7-10H2,1H3. The SMILES string of the molecule is CCCNC1CSCCc2ccccc21. The molecule has 1 unspecified atom stereocenters. The van der Waals surface area contributed by atoms with Crippen molar-refractivity contribution in [3.63, 3.8) is 0 Å². The molecule has 15 heavy (non-hydrogen) atoms. The first-order valence-corrected chi connectivity index (χ1v) is 6.96. The minimum atomic E-state index is 0.564. The lowest BCUT2D eigenvalue weighted by atomic mass is 10.00. The highest BCUT2D eigenvalue weighted by Crippen LogP contribution is 2.27. The highest BCUT2D eigenvalue weighted by molar-refractivity contribution is 7.99. The van der Waals surface area contributed by atoms with Gasteiger partial charge in [0, 0.05) is 11.8 Å². The van der Waals surface area contributed by atoms with Crippen molar-refractivity contribution in [2.75, 3.05) is 18.1 Å². The Morgan fingerprint density at radius 3 is 3.13 bits per heavy atom. The molecule has 1 aliphatic rings. The van der Waals surface area contributed by atoms with Crippen LogP contribution in [0.1, 0.15) is 30.5 Å². The minimum absolute atomic E-state index is 0.564. The molecule has 0 spiro atoms. The monoisotopic (exact) mass is 221 g/mol. The van der Waals surface area contributed by atoms with E-state index >= 15 is 0 Å². The maximum absolute atomic E-state index is 3.65. The van der Waals surface area contributed by atoms with E-state index in [2.05, 4.69) is 48.3 Å². The zero-order chi connectivity index (χ0) is 10.5. The van der Waals surface area contributed by atoms with E-state index in [1.165, 1.54) is 35.5 Å². The number of hydrogen-bond acceptors (Lipinski definition) is 2. The van der Waals surface area contributed by atoms with Crippen LogP contribution < -0.4 is 5.32 Å². The van der Waals surface area contributed by atoms with Gasteiger partial charge in [0.05, 0.1) is 0 Å². The van der Waals surface area contributed by atoms with Gasteiger partial charge in [0.1, 0.15) is 0 Å². The van der Waals surface area contributed by atoms with Crippen LogP contribution in [0.15, 0.2) is 24.3 Å². The van der Waals surface area contributed by atoms with Crippen LogP contribution in [0.25, 0.3) is 0 Å². The highest BCUT2D eigenvalue weighted by Gasteiger charge is 2.17. The Labute approximate surface area is 96.7 Å². The van der Waals surface area contributed by atoms with E-state index in [0.29, 0.717) is 6.04 Å². The van der Waals surface area contributed by atoms with Crippen LogP contribution in [-0.2, 0) is 6.42 Å². The fourth-order valence-electron chi connectivity index (χ4n) is 2.06. The molecule has 1 atom stereocenters. The zero-order valence-corrected chi connectivity index (χ0v) is 10.1. The molecule has 2 rings (SSSR count). The van der Waals surface area contributed by atoms with Gasteiger partial charge in [-0.1, -0.05) is 31.2 Å². The Hall–Kier alpha value is -0.470. The molecular weight excluding hydrogens is 202 g/mol.